The van der Waals surface area contributed by atoms with E-state index in [1.807, 2.05) is 0 Å². The van der Waals surface area contributed by atoms with Crippen LogP contribution in [-0.4, -0.2) is 36.0 Å². The lowest BCUT2D eigenvalue weighted by molar-refractivity contribution is -0.121. The molecule has 12 heteroatoms. The number of methoxy groups -OCH3 is 1. The number of nitrogens with one attached hydrogen (secondary N) is 1. The van der Waals surface area contributed by atoms with E-state index in [4.69, 9.17) is 10.5 Å². The number of aryl methyl sites for hydroxylation is 1. The van der Waals surface area contributed by atoms with E-state index in [0.29, 0.717) is 27.6 Å². The number of thiophene rings is 1. The number of aromatic nitrogens is 3. The van der Waals surface area contributed by atoms with Crippen molar-refractivity contribution in [3.8, 4) is 17.0 Å². The van der Waals surface area contributed by atoms with Crippen molar-refractivity contribution in [1.29, 1.82) is 0 Å². The predicted octanol–water partition coefficient (Wildman–Crippen LogP) is 2.76. The molecule has 35 heavy (non-hydrogen) atoms. The molecule has 0 aliphatic carbocycles. The van der Waals surface area contributed by atoms with Crippen LogP contribution in [0.3, 0.4) is 0 Å². The molecule has 0 aliphatic heterocycles. The third kappa shape index (κ3) is 4.88. The summed E-state index contributed by atoms with van der Waals surface area (Å²) < 4.78 is 35.2. The van der Waals surface area contributed by atoms with Crippen molar-refractivity contribution < 1.29 is 17.9 Å². The molecule has 1 aromatic carbocycles. The maximum absolute atomic E-state index is 13.0. The van der Waals surface area contributed by atoms with Crippen molar-refractivity contribution in [3.05, 3.63) is 64.2 Å². The van der Waals surface area contributed by atoms with E-state index in [9.17, 15) is 18.0 Å². The third-order valence-corrected chi connectivity index (χ3v) is 8.52. The second kappa shape index (κ2) is 9.47. The molecule has 4 rings (SSSR count). The van der Waals surface area contributed by atoms with Gasteiger partial charge in [0.15, 0.2) is 0 Å². The summed E-state index contributed by atoms with van der Waals surface area (Å²) in [5.74, 6) is -0.942. The van der Waals surface area contributed by atoms with Gasteiger partial charge in [0.2, 0.25) is 11.8 Å². The Labute approximate surface area is 205 Å². The van der Waals surface area contributed by atoms with Gasteiger partial charge in [-0.2, -0.15) is 0 Å². The molecule has 1 amide bonds. The zero-order valence-electron chi connectivity index (χ0n) is 19.2. The van der Waals surface area contributed by atoms with Crippen LogP contribution >= 0.6 is 11.3 Å². The molecule has 0 spiro atoms. The maximum atomic E-state index is 13.0. The number of amides is 1. The molecule has 0 saturated carbocycles. The fourth-order valence-corrected chi connectivity index (χ4v) is 5.99. The number of hydrogen-bond acceptors (Lipinski definition) is 8. The summed E-state index contributed by atoms with van der Waals surface area (Å²) in [6, 6.07) is 8.43. The van der Waals surface area contributed by atoms with Gasteiger partial charge >= 0.3 is 0 Å². The van der Waals surface area contributed by atoms with Crippen LogP contribution in [0.1, 0.15) is 12.5 Å². The molecule has 0 aliphatic rings. The average molecular weight is 514 g/mol. The number of benzene rings is 1. The van der Waals surface area contributed by atoms with Crippen LogP contribution in [-0.2, 0) is 21.4 Å². The highest BCUT2D eigenvalue weighted by Crippen LogP contribution is 2.32. The monoisotopic (exact) mass is 513 g/mol. The van der Waals surface area contributed by atoms with Crippen LogP contribution in [0.25, 0.3) is 22.0 Å². The summed E-state index contributed by atoms with van der Waals surface area (Å²) in [6.45, 7) is 3.47. The van der Waals surface area contributed by atoms with Crippen molar-refractivity contribution in [1.82, 2.24) is 14.5 Å². The van der Waals surface area contributed by atoms with E-state index in [1.54, 1.807) is 49.6 Å². The number of nitrogens with two attached hydrogens (primary N) is 1. The first-order chi connectivity index (χ1) is 16.6. The number of hydrogen-bond donors (Lipinski definition) is 2. The molecule has 0 radical (unpaired) electrons. The molecule has 0 bridgehead atoms. The summed E-state index contributed by atoms with van der Waals surface area (Å²) >= 11 is 1.12. The number of carbonyl (C=O) groups is 1. The van der Waals surface area contributed by atoms with Gasteiger partial charge in [-0.25, -0.2) is 18.4 Å². The number of ether oxygens (including phenoxy) is 1. The van der Waals surface area contributed by atoms with Crippen molar-refractivity contribution >= 4 is 43.9 Å². The molecule has 3 heterocycles. The molecule has 0 unspecified atom stereocenters. The first kappa shape index (κ1) is 24.4. The van der Waals surface area contributed by atoms with E-state index < -0.39 is 21.8 Å². The smallest absolute Gasteiger partial charge is 0.271 e. The second-order valence-electron chi connectivity index (χ2n) is 8.01. The normalized spacial score (nSPS) is 12.4. The Hall–Kier alpha value is -3.77. The Balaban J connectivity index is 1.75. The van der Waals surface area contributed by atoms with Gasteiger partial charge in [0, 0.05) is 18.3 Å². The molecule has 1 atom stereocenters. The fourth-order valence-electron chi connectivity index (χ4n) is 3.52. The van der Waals surface area contributed by atoms with Crippen LogP contribution in [0, 0.1) is 12.8 Å². The maximum Gasteiger partial charge on any atom is 0.271 e. The second-order valence-corrected chi connectivity index (χ2v) is 10.8. The van der Waals surface area contributed by atoms with Gasteiger partial charge in [-0.1, -0.05) is 13.0 Å². The third-order valence-electron chi connectivity index (χ3n) is 5.46. The SMILES string of the molecule is COc1ncc(-c2ccc3ncn(C[C@H](C)C(N)=O)c(=O)c3c2)cc1NS(=O)(=O)c1sccc1C. The van der Waals surface area contributed by atoms with Crippen molar-refractivity contribution in [3.63, 3.8) is 0 Å². The van der Waals surface area contributed by atoms with Crippen molar-refractivity contribution in [2.75, 3.05) is 11.8 Å². The topological polar surface area (TPSA) is 146 Å². The van der Waals surface area contributed by atoms with Crippen LogP contribution in [0.4, 0.5) is 5.69 Å². The predicted molar refractivity (Wildman–Crippen MR) is 134 cm³/mol. The Morgan fingerprint density at radius 3 is 2.66 bits per heavy atom. The van der Waals surface area contributed by atoms with Crippen LogP contribution in [0.5, 0.6) is 5.88 Å². The largest absolute Gasteiger partial charge is 0.480 e. The average Bonchev–Trinajstić information content (AvgIpc) is 3.27. The summed E-state index contributed by atoms with van der Waals surface area (Å²) in [6.07, 6.45) is 2.91. The van der Waals surface area contributed by atoms with Crippen molar-refractivity contribution in [2.24, 2.45) is 11.7 Å². The first-order valence-electron chi connectivity index (χ1n) is 10.5. The van der Waals surface area contributed by atoms with Crippen LogP contribution < -0.4 is 20.8 Å². The number of anilines is 1. The van der Waals surface area contributed by atoms with Gasteiger partial charge < -0.3 is 10.5 Å². The molecular weight excluding hydrogens is 490 g/mol. The highest BCUT2D eigenvalue weighted by molar-refractivity contribution is 7.94. The lowest BCUT2D eigenvalue weighted by atomic mass is 10.0. The van der Waals surface area contributed by atoms with E-state index in [2.05, 4.69) is 14.7 Å². The lowest BCUT2D eigenvalue weighted by Crippen LogP contribution is -2.30. The number of primary amides is 1. The number of nitrogens with zero attached hydrogens (tertiary/aromatic N) is 3. The highest BCUT2D eigenvalue weighted by Gasteiger charge is 2.21. The molecular formula is C23H23N5O5S2. The van der Waals surface area contributed by atoms with E-state index in [0.717, 1.165) is 11.3 Å². The number of sulfonamides is 1. The summed E-state index contributed by atoms with van der Waals surface area (Å²) in [4.78, 5) is 33.0. The van der Waals surface area contributed by atoms with Crippen LogP contribution in [0.15, 0.2) is 57.2 Å². The molecule has 10 nitrogen and oxygen atoms in total. The molecule has 3 N–H and O–H groups in total. The molecule has 3 aromatic heterocycles. The Bertz CT molecular complexity index is 1590. The zero-order chi connectivity index (χ0) is 25.3. The zero-order valence-corrected chi connectivity index (χ0v) is 20.8. The summed E-state index contributed by atoms with van der Waals surface area (Å²) in [5.41, 5.74) is 7.48. The minimum Gasteiger partial charge on any atom is -0.480 e. The number of fused-ring (bicyclic) bond motifs is 1. The van der Waals surface area contributed by atoms with Gasteiger partial charge in [-0.3, -0.25) is 18.9 Å². The molecule has 182 valence electrons. The fraction of sp³-hybridized carbons (Fsp3) is 0.217. The summed E-state index contributed by atoms with van der Waals surface area (Å²) in [7, 11) is -2.45. The van der Waals surface area contributed by atoms with Gasteiger partial charge in [0.25, 0.3) is 15.6 Å². The van der Waals surface area contributed by atoms with Crippen LogP contribution in [0.2, 0.25) is 0 Å². The Morgan fingerprint density at radius 1 is 1.23 bits per heavy atom. The first-order valence-corrected chi connectivity index (χ1v) is 12.9. The molecule has 4 aromatic rings. The minimum atomic E-state index is -3.85. The quantitative estimate of drug-likeness (QED) is 0.368. The standard InChI is InChI=1S/C23H23N5O5S2/c1-13-6-7-34-23(13)35(31,32)27-19-9-16(10-25-21(19)33-3)15-4-5-18-17(8-15)22(30)28(12-26-18)11-14(2)20(24)29/h4-10,12,14,27H,11H2,1-3H3,(H2,24,29)/t14-/m0/s1. The molecule has 0 fully saturated rings. The Kier molecular flexibility index (Phi) is 6.59. The van der Waals surface area contributed by atoms with E-state index in [1.165, 1.54) is 24.2 Å². The number of rotatable bonds is 8. The number of carbonyl (C=O) groups excluding carboxylic acids is 1. The van der Waals surface area contributed by atoms with Crippen molar-refractivity contribution in [2.45, 2.75) is 24.6 Å². The van der Waals surface area contributed by atoms with E-state index >= 15 is 0 Å². The minimum absolute atomic E-state index is 0.108. The van der Waals surface area contributed by atoms with E-state index in [-0.39, 0.29) is 27.9 Å². The Morgan fingerprint density at radius 2 is 2.00 bits per heavy atom. The van der Waals surface area contributed by atoms with Gasteiger partial charge in [-0.15, -0.1) is 11.3 Å². The van der Waals surface area contributed by atoms with Gasteiger partial charge in [-0.05, 0) is 47.7 Å². The van der Waals surface area contributed by atoms with Gasteiger partial charge in [0.1, 0.15) is 9.90 Å². The lowest BCUT2D eigenvalue weighted by Gasteiger charge is -2.13. The highest BCUT2D eigenvalue weighted by atomic mass is 32.2. The molecule has 0 saturated heterocycles. The summed E-state index contributed by atoms with van der Waals surface area (Å²) in [5, 5.41) is 2.05. The number of pyridine rings is 1. The van der Waals surface area contributed by atoms with Gasteiger partial charge in [0.05, 0.1) is 30.3 Å².